The fourth-order valence-electron chi connectivity index (χ4n) is 1.84. The number of nitrogen functional groups attached to an aromatic ring is 1. The predicted molar refractivity (Wildman–Crippen MR) is 77.6 cm³/mol. The van der Waals surface area contributed by atoms with Gasteiger partial charge in [-0.3, -0.25) is 0 Å². The Balaban J connectivity index is 0.000000771. The van der Waals surface area contributed by atoms with Crippen LogP contribution in [0.3, 0.4) is 0 Å². The number of hydrogen-bond acceptors (Lipinski definition) is 3. The molecule has 0 fully saturated rings. The van der Waals surface area contributed by atoms with E-state index in [-0.39, 0.29) is 0 Å². The molecule has 4 heteroatoms. The van der Waals surface area contributed by atoms with E-state index in [1.54, 1.807) is 19.1 Å². The zero-order chi connectivity index (χ0) is 13.9. The predicted octanol–water partition coefficient (Wildman–Crippen LogP) is 3.16. The maximum Gasteiger partial charge on any atom is 0.175 e. The third-order valence-electron chi connectivity index (χ3n) is 2.61. The first-order valence-corrected chi connectivity index (χ1v) is 7.77. The molecule has 0 amide bonds. The molecule has 0 radical (unpaired) electrons. The summed E-state index contributed by atoms with van der Waals surface area (Å²) in [5.41, 5.74) is 7.17. The number of sulfone groups is 1. The second-order valence-electron chi connectivity index (χ2n) is 3.96. The first-order valence-electron chi connectivity index (χ1n) is 5.88. The molecule has 2 aromatic rings. The van der Waals surface area contributed by atoms with E-state index in [2.05, 4.69) is 0 Å². The van der Waals surface area contributed by atoms with Gasteiger partial charge in [0.15, 0.2) is 9.84 Å². The molecule has 0 atom stereocenters. The fraction of sp³-hybridized carbons (Fsp3) is 0.286. The van der Waals surface area contributed by atoms with Gasteiger partial charge in [0.05, 0.1) is 4.90 Å². The first kappa shape index (κ1) is 14.5. The van der Waals surface area contributed by atoms with Crippen LogP contribution in [0.15, 0.2) is 35.2 Å². The molecule has 0 saturated carbocycles. The number of aryl methyl sites for hydroxylation is 1. The van der Waals surface area contributed by atoms with E-state index in [1.165, 1.54) is 6.26 Å². The highest BCUT2D eigenvalue weighted by atomic mass is 32.2. The molecule has 2 N–H and O–H groups in total. The lowest BCUT2D eigenvalue weighted by Gasteiger charge is -2.08. The van der Waals surface area contributed by atoms with Crippen molar-refractivity contribution < 1.29 is 8.42 Å². The van der Waals surface area contributed by atoms with Crippen LogP contribution in [0.4, 0.5) is 5.69 Å². The smallest absolute Gasteiger partial charge is 0.175 e. The Bertz CT molecular complexity index is 661. The molecular weight excluding hydrogens is 246 g/mol. The lowest BCUT2D eigenvalue weighted by atomic mass is 10.1. The first-order chi connectivity index (χ1) is 8.39. The number of nitrogens with two attached hydrogens (primary N) is 1. The summed E-state index contributed by atoms with van der Waals surface area (Å²) in [4.78, 5) is 0.345. The van der Waals surface area contributed by atoms with E-state index in [4.69, 9.17) is 5.73 Å². The molecule has 18 heavy (non-hydrogen) atoms. The largest absolute Gasteiger partial charge is 0.398 e. The van der Waals surface area contributed by atoms with Gasteiger partial charge in [-0.15, -0.1) is 0 Å². The van der Waals surface area contributed by atoms with Gasteiger partial charge in [-0.2, -0.15) is 0 Å². The average molecular weight is 265 g/mol. The summed E-state index contributed by atoms with van der Waals surface area (Å²) in [6, 6.07) is 9.04. The maximum atomic E-state index is 11.6. The van der Waals surface area contributed by atoms with E-state index in [0.717, 1.165) is 16.3 Å². The molecule has 2 aromatic carbocycles. The number of hydrogen-bond donors (Lipinski definition) is 1. The Morgan fingerprint density at radius 3 is 2.28 bits per heavy atom. The monoisotopic (exact) mass is 265 g/mol. The minimum absolute atomic E-state index is 0.345. The molecule has 98 valence electrons. The molecular formula is C14H19NO2S. The van der Waals surface area contributed by atoms with Gasteiger partial charge in [0.2, 0.25) is 0 Å². The van der Waals surface area contributed by atoms with E-state index < -0.39 is 9.84 Å². The molecule has 0 heterocycles. The van der Waals surface area contributed by atoms with Crippen LogP contribution in [0.5, 0.6) is 0 Å². The summed E-state index contributed by atoms with van der Waals surface area (Å²) in [5.74, 6) is 0. The maximum absolute atomic E-state index is 11.6. The van der Waals surface area contributed by atoms with Crippen molar-refractivity contribution in [2.24, 2.45) is 0 Å². The minimum Gasteiger partial charge on any atom is -0.398 e. The molecule has 3 nitrogen and oxygen atoms in total. The number of benzene rings is 2. The SMILES string of the molecule is CC.Cc1cc2cccc(N)c2cc1S(C)(=O)=O. The highest BCUT2D eigenvalue weighted by Crippen LogP contribution is 2.26. The van der Waals surface area contributed by atoms with Gasteiger partial charge in [-0.05, 0) is 30.0 Å². The summed E-state index contributed by atoms with van der Waals surface area (Å²) in [6.07, 6.45) is 1.21. The van der Waals surface area contributed by atoms with Crippen molar-refractivity contribution in [1.82, 2.24) is 0 Å². The summed E-state index contributed by atoms with van der Waals surface area (Å²) in [7, 11) is -3.20. The third-order valence-corrected chi connectivity index (χ3v) is 3.85. The average Bonchev–Trinajstić information content (AvgIpc) is 2.29. The molecule has 0 saturated heterocycles. The van der Waals surface area contributed by atoms with E-state index in [0.29, 0.717) is 10.6 Å². The molecule has 0 aliphatic heterocycles. The summed E-state index contributed by atoms with van der Waals surface area (Å²) in [6.45, 7) is 5.79. The highest BCUT2D eigenvalue weighted by molar-refractivity contribution is 7.90. The van der Waals surface area contributed by atoms with E-state index in [1.807, 2.05) is 32.0 Å². The summed E-state index contributed by atoms with van der Waals surface area (Å²) in [5, 5.41) is 1.75. The minimum atomic E-state index is -3.20. The van der Waals surface area contributed by atoms with Gasteiger partial charge in [-0.25, -0.2) is 8.42 Å². The normalized spacial score (nSPS) is 10.9. The molecule has 0 unspecified atom stereocenters. The van der Waals surface area contributed by atoms with Crippen LogP contribution in [0.2, 0.25) is 0 Å². The van der Waals surface area contributed by atoms with Crippen molar-refractivity contribution in [2.75, 3.05) is 12.0 Å². The van der Waals surface area contributed by atoms with Crippen LogP contribution in [-0.4, -0.2) is 14.7 Å². The Kier molecular flexibility index (Phi) is 4.35. The van der Waals surface area contributed by atoms with Crippen molar-refractivity contribution >= 4 is 26.3 Å². The van der Waals surface area contributed by atoms with Gasteiger partial charge in [-0.1, -0.05) is 32.0 Å². The standard InChI is InChI=1S/C12H13NO2S.C2H6/c1-8-6-9-4-3-5-11(13)10(9)7-12(8)16(2,14)15;1-2/h3-7H,13H2,1-2H3;1-2H3. The van der Waals surface area contributed by atoms with Crippen molar-refractivity contribution in [3.8, 4) is 0 Å². The second kappa shape index (κ2) is 5.40. The van der Waals surface area contributed by atoms with Gasteiger partial charge in [0, 0.05) is 17.3 Å². The van der Waals surface area contributed by atoms with Crippen molar-refractivity contribution in [3.63, 3.8) is 0 Å². The number of rotatable bonds is 1. The van der Waals surface area contributed by atoms with Crippen LogP contribution >= 0.6 is 0 Å². The molecule has 0 spiro atoms. The van der Waals surface area contributed by atoms with Crippen LogP contribution < -0.4 is 5.73 Å². The number of fused-ring (bicyclic) bond motifs is 1. The Morgan fingerprint density at radius 2 is 1.72 bits per heavy atom. The van der Waals surface area contributed by atoms with E-state index in [9.17, 15) is 8.42 Å². The van der Waals surface area contributed by atoms with Crippen LogP contribution in [0, 0.1) is 6.92 Å². The zero-order valence-corrected chi connectivity index (χ0v) is 12.0. The molecule has 0 aromatic heterocycles. The van der Waals surface area contributed by atoms with Crippen LogP contribution in [0.25, 0.3) is 10.8 Å². The lowest BCUT2D eigenvalue weighted by Crippen LogP contribution is -2.00. The summed E-state index contributed by atoms with van der Waals surface area (Å²) >= 11 is 0. The highest BCUT2D eigenvalue weighted by Gasteiger charge is 2.12. The van der Waals surface area contributed by atoms with E-state index >= 15 is 0 Å². The van der Waals surface area contributed by atoms with Crippen molar-refractivity contribution in [1.29, 1.82) is 0 Å². The van der Waals surface area contributed by atoms with Gasteiger partial charge >= 0.3 is 0 Å². The number of anilines is 1. The topological polar surface area (TPSA) is 60.2 Å². The van der Waals surface area contributed by atoms with Gasteiger partial charge < -0.3 is 5.73 Å². The van der Waals surface area contributed by atoms with Crippen molar-refractivity contribution in [2.45, 2.75) is 25.7 Å². The molecule has 0 bridgehead atoms. The zero-order valence-electron chi connectivity index (χ0n) is 11.2. The van der Waals surface area contributed by atoms with Crippen LogP contribution in [-0.2, 0) is 9.84 Å². The van der Waals surface area contributed by atoms with Gasteiger partial charge in [0.25, 0.3) is 0 Å². The summed E-state index contributed by atoms with van der Waals surface area (Å²) < 4.78 is 23.1. The second-order valence-corrected chi connectivity index (χ2v) is 5.94. The third kappa shape index (κ3) is 2.82. The molecule has 0 aliphatic carbocycles. The van der Waals surface area contributed by atoms with Crippen molar-refractivity contribution in [3.05, 3.63) is 35.9 Å². The Labute approximate surface area is 109 Å². The van der Waals surface area contributed by atoms with Gasteiger partial charge in [0.1, 0.15) is 0 Å². The molecule has 2 rings (SSSR count). The molecule has 0 aliphatic rings. The quantitative estimate of drug-likeness (QED) is 0.806. The Morgan fingerprint density at radius 1 is 1.11 bits per heavy atom. The Hall–Kier alpha value is -1.55. The lowest BCUT2D eigenvalue weighted by molar-refractivity contribution is 0.601. The fourth-order valence-corrected chi connectivity index (χ4v) is 2.82. The van der Waals surface area contributed by atoms with Crippen LogP contribution in [0.1, 0.15) is 19.4 Å².